The summed E-state index contributed by atoms with van der Waals surface area (Å²) in [6.07, 6.45) is 6.61. The smallest absolute Gasteiger partial charge is 0.410 e. The van der Waals surface area contributed by atoms with Gasteiger partial charge in [-0.3, -0.25) is 9.78 Å². The number of carbonyl (C=O) groups is 2. The van der Waals surface area contributed by atoms with Gasteiger partial charge in [-0.25, -0.2) is 14.3 Å². The number of hydrogen-bond donors (Lipinski definition) is 0. The highest BCUT2D eigenvalue weighted by Crippen LogP contribution is 2.21. The van der Waals surface area contributed by atoms with Gasteiger partial charge in [0.2, 0.25) is 0 Å². The summed E-state index contributed by atoms with van der Waals surface area (Å²) in [6.45, 7) is 7.34. The molecule has 0 atom stereocenters. The van der Waals surface area contributed by atoms with E-state index in [0.29, 0.717) is 37.4 Å². The van der Waals surface area contributed by atoms with Gasteiger partial charge >= 0.3 is 6.09 Å². The molecule has 4 heterocycles. The van der Waals surface area contributed by atoms with E-state index < -0.39 is 5.60 Å². The number of aromatic nitrogens is 4. The fourth-order valence-corrected chi connectivity index (χ4v) is 4.08. The molecule has 0 saturated carbocycles. The van der Waals surface area contributed by atoms with E-state index >= 15 is 0 Å². The molecule has 1 aliphatic rings. The monoisotopic (exact) mass is 508 g/mol. The van der Waals surface area contributed by atoms with Crippen molar-refractivity contribution in [3.05, 3.63) is 83.9 Å². The Morgan fingerprint density at radius 2 is 1.58 bits per heavy atom. The first-order chi connectivity index (χ1) is 18.3. The molecule has 5 rings (SSSR count). The van der Waals surface area contributed by atoms with Crippen molar-refractivity contribution in [2.45, 2.75) is 26.4 Å². The highest BCUT2D eigenvalue weighted by molar-refractivity contribution is 5.94. The van der Waals surface area contributed by atoms with Crippen LogP contribution in [0.25, 0.3) is 16.9 Å². The molecule has 1 saturated heterocycles. The summed E-state index contributed by atoms with van der Waals surface area (Å²) in [5.74, 6) is 6.19. The minimum absolute atomic E-state index is 0.0618. The van der Waals surface area contributed by atoms with E-state index in [-0.39, 0.29) is 12.0 Å². The van der Waals surface area contributed by atoms with Crippen molar-refractivity contribution in [1.82, 2.24) is 29.4 Å². The molecule has 4 aromatic rings. The first-order valence-electron chi connectivity index (χ1n) is 12.4. The zero-order chi connectivity index (χ0) is 26.7. The van der Waals surface area contributed by atoms with Crippen molar-refractivity contribution < 1.29 is 14.3 Å². The van der Waals surface area contributed by atoms with Crippen LogP contribution in [0, 0.1) is 11.8 Å². The minimum Gasteiger partial charge on any atom is -0.444 e. The predicted octanol–water partition coefficient (Wildman–Crippen LogP) is 3.88. The molecule has 0 bridgehead atoms. The summed E-state index contributed by atoms with van der Waals surface area (Å²) < 4.78 is 7.13. The van der Waals surface area contributed by atoms with Crippen LogP contribution in [-0.2, 0) is 4.74 Å². The first kappa shape index (κ1) is 25.0. The maximum Gasteiger partial charge on any atom is 0.410 e. The van der Waals surface area contributed by atoms with Crippen molar-refractivity contribution in [3.8, 4) is 23.1 Å². The van der Waals surface area contributed by atoms with E-state index in [4.69, 9.17) is 9.72 Å². The summed E-state index contributed by atoms with van der Waals surface area (Å²) in [5, 5.41) is 4.35. The molecule has 0 radical (unpaired) electrons. The van der Waals surface area contributed by atoms with Crippen LogP contribution in [0.5, 0.6) is 0 Å². The number of nitrogens with zero attached hydrogens (tertiary/aromatic N) is 6. The average molecular weight is 509 g/mol. The van der Waals surface area contributed by atoms with Gasteiger partial charge in [0, 0.05) is 61.5 Å². The number of amides is 2. The van der Waals surface area contributed by atoms with E-state index in [9.17, 15) is 9.59 Å². The molecule has 192 valence electrons. The molecule has 0 unspecified atom stereocenters. The van der Waals surface area contributed by atoms with Crippen LogP contribution < -0.4 is 0 Å². The largest absolute Gasteiger partial charge is 0.444 e. The van der Waals surface area contributed by atoms with Crippen LogP contribution in [0.15, 0.2) is 67.3 Å². The lowest BCUT2D eigenvalue weighted by Crippen LogP contribution is -2.51. The molecule has 2 amide bonds. The molecule has 38 heavy (non-hydrogen) atoms. The zero-order valence-corrected chi connectivity index (χ0v) is 21.6. The molecular weight excluding hydrogens is 480 g/mol. The molecule has 0 N–H and O–H groups in total. The molecule has 1 aliphatic heterocycles. The standard InChI is InChI=1S/C29H28N6O3/c1-29(2,3)38-28(37)34-18-16-33(17-19-34)27(36)23-8-6-22(7-9-23)25-12-15-35-26(32-25)24(20-31-35)5-4-21-10-13-30-14-11-21/h6-15,20H,16-19H2,1-3H3. The molecule has 9 heteroatoms. The number of carbonyl (C=O) groups excluding carboxylic acids is 2. The fourth-order valence-electron chi connectivity index (χ4n) is 4.08. The SMILES string of the molecule is CC(C)(C)OC(=O)N1CCN(C(=O)c2ccc(-c3ccn4ncc(C#Cc5ccncc5)c4n3)cc2)CC1. The Hall–Kier alpha value is -4.71. The number of hydrogen-bond acceptors (Lipinski definition) is 6. The normalized spacial score (nSPS) is 13.7. The maximum absolute atomic E-state index is 13.1. The van der Waals surface area contributed by atoms with Gasteiger partial charge in [0.15, 0.2) is 5.65 Å². The van der Waals surface area contributed by atoms with Crippen LogP contribution in [0.2, 0.25) is 0 Å². The van der Waals surface area contributed by atoms with Gasteiger partial charge in [0.25, 0.3) is 5.91 Å². The second-order valence-electron chi connectivity index (χ2n) is 9.96. The van der Waals surface area contributed by atoms with Crippen LogP contribution >= 0.6 is 0 Å². The Bertz CT molecular complexity index is 1520. The average Bonchev–Trinajstić information content (AvgIpc) is 3.33. The highest BCUT2D eigenvalue weighted by atomic mass is 16.6. The quantitative estimate of drug-likeness (QED) is 0.382. The first-order valence-corrected chi connectivity index (χ1v) is 12.4. The lowest BCUT2D eigenvalue weighted by Gasteiger charge is -2.35. The van der Waals surface area contributed by atoms with Crippen LogP contribution in [0.3, 0.4) is 0 Å². The van der Waals surface area contributed by atoms with E-state index in [1.54, 1.807) is 32.9 Å². The second kappa shape index (κ2) is 10.3. The summed E-state index contributed by atoms with van der Waals surface area (Å²) in [7, 11) is 0. The van der Waals surface area contributed by atoms with Gasteiger partial charge in [-0.15, -0.1) is 0 Å². The Morgan fingerprint density at radius 3 is 2.26 bits per heavy atom. The third kappa shape index (κ3) is 5.65. The molecule has 1 fully saturated rings. The van der Waals surface area contributed by atoms with Crippen molar-refractivity contribution in [1.29, 1.82) is 0 Å². The molecule has 3 aromatic heterocycles. The van der Waals surface area contributed by atoms with Crippen molar-refractivity contribution in [2.24, 2.45) is 0 Å². The number of fused-ring (bicyclic) bond motifs is 1. The Balaban J connectivity index is 1.27. The Kier molecular flexibility index (Phi) is 6.79. The lowest BCUT2D eigenvalue weighted by molar-refractivity contribution is 0.0141. The van der Waals surface area contributed by atoms with E-state index in [0.717, 1.165) is 22.4 Å². The third-order valence-electron chi connectivity index (χ3n) is 6.04. The van der Waals surface area contributed by atoms with Gasteiger partial charge < -0.3 is 14.5 Å². The minimum atomic E-state index is -0.543. The summed E-state index contributed by atoms with van der Waals surface area (Å²) in [6, 6.07) is 13.0. The lowest BCUT2D eigenvalue weighted by atomic mass is 10.1. The summed E-state index contributed by atoms with van der Waals surface area (Å²) >= 11 is 0. The molecule has 9 nitrogen and oxygen atoms in total. The summed E-state index contributed by atoms with van der Waals surface area (Å²) in [4.78, 5) is 37.6. The van der Waals surface area contributed by atoms with Gasteiger partial charge in [0.05, 0.1) is 17.5 Å². The maximum atomic E-state index is 13.1. The van der Waals surface area contributed by atoms with Crippen molar-refractivity contribution in [3.63, 3.8) is 0 Å². The van der Waals surface area contributed by atoms with Crippen LogP contribution in [0.4, 0.5) is 4.79 Å². The van der Waals surface area contributed by atoms with E-state index in [1.807, 2.05) is 69.4 Å². The molecular formula is C29H28N6O3. The number of rotatable bonds is 2. The predicted molar refractivity (Wildman–Crippen MR) is 142 cm³/mol. The molecule has 1 aromatic carbocycles. The fraction of sp³-hybridized carbons (Fsp3) is 0.276. The second-order valence-corrected chi connectivity index (χ2v) is 9.96. The van der Waals surface area contributed by atoms with E-state index in [2.05, 4.69) is 21.9 Å². The van der Waals surface area contributed by atoms with Crippen molar-refractivity contribution in [2.75, 3.05) is 26.2 Å². The highest BCUT2D eigenvalue weighted by Gasteiger charge is 2.28. The zero-order valence-electron chi connectivity index (χ0n) is 21.6. The number of benzene rings is 1. The van der Waals surface area contributed by atoms with Crippen LogP contribution in [-0.4, -0.2) is 73.2 Å². The van der Waals surface area contributed by atoms with Gasteiger partial charge in [-0.05, 0) is 51.1 Å². The van der Waals surface area contributed by atoms with E-state index in [1.165, 1.54) is 0 Å². The van der Waals surface area contributed by atoms with Crippen LogP contribution in [0.1, 0.15) is 42.3 Å². The third-order valence-corrected chi connectivity index (χ3v) is 6.04. The number of ether oxygens (including phenoxy) is 1. The Morgan fingerprint density at radius 1 is 0.895 bits per heavy atom. The number of piperazine rings is 1. The number of pyridine rings is 1. The molecule has 0 aliphatic carbocycles. The molecule has 0 spiro atoms. The van der Waals surface area contributed by atoms with Gasteiger partial charge in [-0.2, -0.15) is 5.10 Å². The topological polar surface area (TPSA) is 92.9 Å². The van der Waals surface area contributed by atoms with Gasteiger partial charge in [-0.1, -0.05) is 24.0 Å². The van der Waals surface area contributed by atoms with Crippen molar-refractivity contribution >= 4 is 17.6 Å². The Labute approximate surface area is 221 Å². The summed E-state index contributed by atoms with van der Waals surface area (Å²) in [5.41, 5.74) is 3.94. The van der Waals surface area contributed by atoms with Gasteiger partial charge in [0.1, 0.15) is 5.60 Å².